The van der Waals surface area contributed by atoms with Crippen molar-refractivity contribution in [3.8, 4) is 5.75 Å². The van der Waals surface area contributed by atoms with Crippen molar-refractivity contribution in [3.05, 3.63) is 40.2 Å². The van der Waals surface area contributed by atoms with Crippen molar-refractivity contribution in [1.29, 1.82) is 0 Å². The van der Waals surface area contributed by atoms with Crippen molar-refractivity contribution in [2.75, 3.05) is 6.54 Å². The maximum atomic E-state index is 11.4. The number of rotatable bonds is 4. The predicted octanol–water partition coefficient (Wildman–Crippen LogP) is 0.797. The number of nitrogens with two attached hydrogens (primary N) is 1. The number of benzene rings is 1. The Balaban J connectivity index is 2.74. The Morgan fingerprint density at radius 3 is 2.78 bits per heavy atom. The van der Waals surface area contributed by atoms with Crippen LogP contribution in [-0.4, -0.2) is 37.0 Å². The summed E-state index contributed by atoms with van der Waals surface area (Å²) in [7, 11) is 2.22. The summed E-state index contributed by atoms with van der Waals surface area (Å²) >= 11 is 0.960. The fraction of sp³-hybridized carbons (Fsp3) is 0.182. The van der Waals surface area contributed by atoms with Crippen LogP contribution in [0.25, 0.3) is 10.9 Å². The molecule has 95 valence electrons. The standard InChI is InChI=1S/C11H13N2O3P.Po/c12-5-9(16-17)6-1-3-8(14)11-7(6)2-4-10(15)13-11;/h1-4,9,14H,5,12,17H2,(H,13,15);/q;+1/p-1/t9-;/m0./s1. The topological polar surface area (TPSA) is 77.3 Å². The van der Waals surface area contributed by atoms with E-state index in [9.17, 15) is 4.79 Å². The van der Waals surface area contributed by atoms with Crippen LogP contribution in [0.5, 0.6) is 5.75 Å². The van der Waals surface area contributed by atoms with E-state index < -0.39 is 0 Å². The Labute approximate surface area is 122 Å². The van der Waals surface area contributed by atoms with Crippen LogP contribution in [0.1, 0.15) is 11.7 Å². The molecule has 2 aromatic rings. The quantitative estimate of drug-likeness (QED) is 0.663. The molecule has 0 aliphatic carbocycles. The zero-order valence-electron chi connectivity index (χ0n) is 9.38. The van der Waals surface area contributed by atoms with Crippen LogP contribution in [0.4, 0.5) is 0 Å². The molecule has 0 amide bonds. The SMILES string of the molecule is NC[C@H](OP)c1ccc([O][Po])c2[nH]c(=O)ccc12. The average molecular weight is 460 g/mol. The van der Waals surface area contributed by atoms with Gasteiger partial charge in [0.05, 0.1) is 0 Å². The Morgan fingerprint density at radius 2 is 2.17 bits per heavy atom. The van der Waals surface area contributed by atoms with E-state index in [0.717, 1.165) is 36.5 Å². The van der Waals surface area contributed by atoms with Gasteiger partial charge in [0, 0.05) is 0 Å². The summed E-state index contributed by atoms with van der Waals surface area (Å²) in [6.07, 6.45) is -0.235. The van der Waals surface area contributed by atoms with Gasteiger partial charge in [0.2, 0.25) is 0 Å². The molecule has 0 aliphatic rings. The molecule has 1 aromatic carbocycles. The van der Waals surface area contributed by atoms with Gasteiger partial charge in [-0.3, -0.25) is 0 Å². The zero-order valence-corrected chi connectivity index (χ0v) is 13.7. The number of hydrogen-bond donors (Lipinski definition) is 2. The molecule has 0 saturated carbocycles. The predicted molar refractivity (Wildman–Crippen MR) is 73.5 cm³/mol. The fourth-order valence-electron chi connectivity index (χ4n) is 1.85. The Bertz CT molecular complexity index is 613. The second-order valence-electron chi connectivity index (χ2n) is 3.71. The van der Waals surface area contributed by atoms with Gasteiger partial charge in [0.15, 0.2) is 0 Å². The molecule has 0 spiro atoms. The molecule has 0 aliphatic heterocycles. The van der Waals surface area contributed by atoms with E-state index >= 15 is 0 Å². The minimum absolute atomic E-state index is 0.163. The van der Waals surface area contributed by atoms with Crippen LogP contribution in [0.3, 0.4) is 0 Å². The van der Waals surface area contributed by atoms with E-state index in [0.29, 0.717) is 17.8 Å². The number of pyridine rings is 1. The van der Waals surface area contributed by atoms with Crippen LogP contribution in [0.2, 0.25) is 0 Å². The second kappa shape index (κ2) is 6.08. The fourth-order valence-corrected chi connectivity index (χ4v) is 2.65. The van der Waals surface area contributed by atoms with Crippen LogP contribution in [0.15, 0.2) is 29.1 Å². The molecule has 2 rings (SSSR count). The number of fused-ring (bicyclic) bond motifs is 1. The van der Waals surface area contributed by atoms with Crippen LogP contribution in [-0.2, 0) is 4.52 Å². The normalized spacial score (nSPS) is 12.6. The summed E-state index contributed by atoms with van der Waals surface area (Å²) in [5.74, 6) is 0.654. The molecule has 1 unspecified atom stereocenters. The van der Waals surface area contributed by atoms with Gasteiger partial charge in [-0.25, -0.2) is 0 Å². The van der Waals surface area contributed by atoms with Crippen molar-refractivity contribution in [2.24, 2.45) is 5.73 Å². The molecule has 3 N–H and O–H groups in total. The third-order valence-electron chi connectivity index (χ3n) is 2.71. The first-order chi connectivity index (χ1) is 8.71. The van der Waals surface area contributed by atoms with E-state index in [1.54, 1.807) is 6.07 Å². The third-order valence-corrected chi connectivity index (χ3v) is 3.73. The maximum absolute atomic E-state index is 11.4. The van der Waals surface area contributed by atoms with E-state index in [1.807, 2.05) is 12.1 Å². The monoisotopic (exact) mass is 460 g/mol. The van der Waals surface area contributed by atoms with Gasteiger partial charge < -0.3 is 0 Å². The number of aromatic nitrogens is 1. The van der Waals surface area contributed by atoms with Gasteiger partial charge in [-0.05, 0) is 0 Å². The van der Waals surface area contributed by atoms with Gasteiger partial charge in [0.25, 0.3) is 0 Å². The van der Waals surface area contributed by atoms with Gasteiger partial charge in [0.1, 0.15) is 0 Å². The number of aromatic amines is 1. The van der Waals surface area contributed by atoms with E-state index in [2.05, 4.69) is 14.5 Å². The Kier molecular flexibility index (Phi) is 4.69. The number of H-pyrrole nitrogens is 1. The third kappa shape index (κ3) is 2.58. The molecule has 0 saturated heterocycles. The molecular formula is C11H12N2O3PPo. The van der Waals surface area contributed by atoms with Crippen molar-refractivity contribution < 1.29 is 7.30 Å². The summed E-state index contributed by atoms with van der Waals surface area (Å²) in [4.78, 5) is 14.2. The first kappa shape index (κ1) is 13.9. The number of hydrogen-bond acceptors (Lipinski definition) is 4. The zero-order chi connectivity index (χ0) is 13.1. The van der Waals surface area contributed by atoms with Gasteiger partial charge >= 0.3 is 122 Å². The summed E-state index contributed by atoms with van der Waals surface area (Å²) in [6, 6.07) is 6.95. The molecular weight excluding hydrogens is 448 g/mol. The number of nitrogens with one attached hydrogen (secondary N) is 1. The second-order valence-corrected chi connectivity index (χ2v) is 4.63. The molecule has 1 radical (unpaired) electrons. The average Bonchev–Trinajstić information content (AvgIpc) is 2.39. The molecule has 1 aromatic heterocycles. The van der Waals surface area contributed by atoms with Crippen molar-refractivity contribution in [2.45, 2.75) is 6.10 Å². The minimum atomic E-state index is -0.235. The summed E-state index contributed by atoms with van der Waals surface area (Å²) in [5, 5.41) is 0.881. The molecule has 0 bridgehead atoms. The summed E-state index contributed by atoms with van der Waals surface area (Å²) < 4.78 is 10.6. The first-order valence-corrected chi connectivity index (χ1v) is 6.99. The van der Waals surface area contributed by atoms with Gasteiger partial charge in [-0.2, -0.15) is 0 Å². The van der Waals surface area contributed by atoms with E-state index in [-0.39, 0.29) is 11.7 Å². The van der Waals surface area contributed by atoms with E-state index in [1.165, 1.54) is 6.07 Å². The van der Waals surface area contributed by atoms with Crippen LogP contribution in [0, 0.1) is 0 Å². The van der Waals surface area contributed by atoms with Gasteiger partial charge in [-0.1, -0.05) is 0 Å². The molecule has 1 heterocycles. The molecule has 2 atom stereocenters. The van der Waals surface area contributed by atoms with Crippen molar-refractivity contribution in [1.82, 2.24) is 4.98 Å². The van der Waals surface area contributed by atoms with Crippen LogP contribution < -0.4 is 14.1 Å². The molecule has 7 heteroatoms. The summed E-state index contributed by atoms with van der Waals surface area (Å²) in [6.45, 7) is 0.356. The van der Waals surface area contributed by atoms with E-state index in [4.69, 9.17) is 13.0 Å². The Morgan fingerprint density at radius 1 is 1.39 bits per heavy atom. The first-order valence-electron chi connectivity index (χ1n) is 5.22. The summed E-state index contributed by atoms with van der Waals surface area (Å²) in [5.41, 5.74) is 7.11. The molecule has 0 fully saturated rings. The van der Waals surface area contributed by atoms with Crippen molar-refractivity contribution in [3.63, 3.8) is 0 Å². The molecule has 18 heavy (non-hydrogen) atoms. The Hall–Kier alpha value is -0.524. The van der Waals surface area contributed by atoms with Gasteiger partial charge in [-0.15, -0.1) is 0 Å². The van der Waals surface area contributed by atoms with Crippen LogP contribution >= 0.6 is 9.47 Å². The van der Waals surface area contributed by atoms with Crippen molar-refractivity contribution >= 4 is 45.9 Å². The molecule has 5 nitrogen and oxygen atoms in total.